The van der Waals surface area contributed by atoms with E-state index >= 15 is 0 Å². The summed E-state index contributed by atoms with van der Waals surface area (Å²) in [7, 11) is 0.688. The molecule has 6 nitrogen and oxygen atoms in total. The topological polar surface area (TPSA) is 79.6 Å². The van der Waals surface area contributed by atoms with Crippen molar-refractivity contribution < 1.29 is 13.4 Å². The molecule has 0 amide bonds. The van der Waals surface area contributed by atoms with Crippen molar-refractivity contribution in [3.8, 4) is 11.1 Å². The molecule has 26 heavy (non-hydrogen) atoms. The first-order valence-corrected chi connectivity index (χ1v) is 10.1. The van der Waals surface area contributed by atoms with Gasteiger partial charge in [0.25, 0.3) is 0 Å². The molecule has 0 aliphatic heterocycles. The Kier molecular flexibility index (Phi) is 4.76. The minimum Gasteiger partial charge on any atom is -0.422 e. The molecule has 0 unspecified atom stereocenters. The summed E-state index contributed by atoms with van der Waals surface area (Å²) in [5.74, 6) is 0. The maximum absolute atomic E-state index is 12.6. The van der Waals surface area contributed by atoms with Crippen LogP contribution < -0.4 is 10.3 Å². The van der Waals surface area contributed by atoms with Gasteiger partial charge in [-0.25, -0.2) is 9.10 Å². The Labute approximate surface area is 152 Å². The lowest BCUT2D eigenvalue weighted by Crippen LogP contribution is -2.35. The number of carbonyl (C=O) groups excluding carboxylic acids is 1. The zero-order chi connectivity index (χ0) is 18.9. The van der Waals surface area contributed by atoms with E-state index in [2.05, 4.69) is 4.72 Å². The molecule has 0 fully saturated rings. The van der Waals surface area contributed by atoms with Crippen molar-refractivity contribution in [3.05, 3.63) is 64.5 Å². The fourth-order valence-corrected chi connectivity index (χ4v) is 3.47. The van der Waals surface area contributed by atoms with Gasteiger partial charge >= 0.3 is 5.63 Å². The number of rotatable bonds is 5. The minimum atomic E-state index is -2.75. The summed E-state index contributed by atoms with van der Waals surface area (Å²) < 4.78 is 22.5. The summed E-state index contributed by atoms with van der Waals surface area (Å²) in [6.07, 6.45) is 2.13. The van der Waals surface area contributed by atoms with Gasteiger partial charge in [0, 0.05) is 39.3 Å². The van der Waals surface area contributed by atoms with Crippen LogP contribution in [-0.4, -0.2) is 35.2 Å². The van der Waals surface area contributed by atoms with E-state index in [9.17, 15) is 13.8 Å². The fraction of sp³-hybridized carbons (Fsp3) is 0.158. The number of carbonyl (C=O) groups is 1. The average molecular weight is 372 g/mol. The summed E-state index contributed by atoms with van der Waals surface area (Å²) in [4.78, 5) is 23.8. The number of aldehydes is 1. The molecule has 0 atom stereocenters. The highest BCUT2D eigenvalue weighted by molar-refractivity contribution is 8.01. The molecule has 0 radical (unpaired) electrons. The largest absolute Gasteiger partial charge is 0.422 e. The Morgan fingerprint density at radius 2 is 1.81 bits per heavy atom. The zero-order valence-electron chi connectivity index (χ0n) is 14.7. The summed E-state index contributed by atoms with van der Waals surface area (Å²) in [6.45, 7) is 0. The van der Waals surface area contributed by atoms with E-state index < -0.39 is 15.9 Å². The van der Waals surface area contributed by atoms with Crippen LogP contribution in [0.4, 0.5) is 5.69 Å². The molecule has 3 rings (SSSR count). The van der Waals surface area contributed by atoms with Crippen molar-refractivity contribution >= 4 is 33.2 Å². The van der Waals surface area contributed by atoms with Crippen LogP contribution in [0, 0.1) is 0 Å². The number of nitrogens with one attached hydrogen (secondary N) is 1. The second-order valence-corrected chi connectivity index (χ2v) is 8.99. The van der Waals surface area contributed by atoms with Crippen LogP contribution in [-0.2, 0) is 10.3 Å². The third kappa shape index (κ3) is 3.31. The number of hydrogen-bond acceptors (Lipinski definition) is 4. The molecule has 0 saturated carbocycles. The number of fused-ring (bicyclic) bond motifs is 1. The van der Waals surface area contributed by atoms with Crippen molar-refractivity contribution in [1.29, 1.82) is 0 Å². The molecule has 3 aromatic rings. The van der Waals surface area contributed by atoms with Gasteiger partial charge in [-0.2, -0.15) is 0 Å². The molecule has 0 spiro atoms. The molecule has 1 aromatic heterocycles. The second kappa shape index (κ2) is 6.86. The predicted molar refractivity (Wildman–Crippen MR) is 106 cm³/mol. The summed E-state index contributed by atoms with van der Waals surface area (Å²) in [6, 6.07) is 14.3. The molecule has 136 valence electrons. The van der Waals surface area contributed by atoms with Crippen LogP contribution in [0.2, 0.25) is 0 Å². The first-order chi connectivity index (χ1) is 12.3. The van der Waals surface area contributed by atoms with Gasteiger partial charge in [-0.3, -0.25) is 9.00 Å². The van der Waals surface area contributed by atoms with Crippen LogP contribution >= 0.6 is 0 Å². The normalized spacial score (nSPS) is 12.3. The molecule has 0 aliphatic carbocycles. The monoisotopic (exact) mass is 372 g/mol. The van der Waals surface area contributed by atoms with Crippen LogP contribution in [0.25, 0.3) is 22.1 Å². The fourth-order valence-electron chi connectivity index (χ4n) is 2.65. The summed E-state index contributed by atoms with van der Waals surface area (Å²) >= 11 is 0. The SMILES string of the molecule is CN(C)[SH](C)(=O)Nc1ccc2c(-c3ccccc3)c(C=O)c(=O)oc2c1. The van der Waals surface area contributed by atoms with E-state index in [-0.39, 0.29) is 5.56 Å². The summed E-state index contributed by atoms with van der Waals surface area (Å²) in [5.41, 5.74) is 1.46. The van der Waals surface area contributed by atoms with Gasteiger partial charge in [-0.15, -0.1) is 0 Å². The lowest BCUT2D eigenvalue weighted by Gasteiger charge is -2.28. The van der Waals surface area contributed by atoms with E-state index in [4.69, 9.17) is 4.42 Å². The molecule has 0 aliphatic rings. The maximum Gasteiger partial charge on any atom is 0.347 e. The van der Waals surface area contributed by atoms with Gasteiger partial charge in [0.1, 0.15) is 11.1 Å². The molecule has 1 heterocycles. The highest BCUT2D eigenvalue weighted by atomic mass is 32.3. The van der Waals surface area contributed by atoms with Gasteiger partial charge < -0.3 is 9.14 Å². The third-order valence-corrected chi connectivity index (χ3v) is 6.42. The van der Waals surface area contributed by atoms with Crippen LogP contribution in [0.5, 0.6) is 0 Å². The van der Waals surface area contributed by atoms with E-state index in [1.807, 2.05) is 30.3 Å². The number of anilines is 1. The Bertz CT molecular complexity index is 1070. The lowest BCUT2D eigenvalue weighted by atomic mass is 9.97. The van der Waals surface area contributed by atoms with E-state index in [1.165, 1.54) is 0 Å². The number of hydrogen-bond donors (Lipinski definition) is 2. The standard InChI is InChI=1S/C19H20N2O4S/c1-21(2)26(3,24)20-14-9-10-15-17(11-14)25-19(23)16(12-22)18(15)13-7-5-4-6-8-13/h4-12,26H,1-3H3,(H,20,24). The van der Waals surface area contributed by atoms with Crippen LogP contribution in [0.3, 0.4) is 0 Å². The van der Waals surface area contributed by atoms with Crippen molar-refractivity contribution in [2.45, 2.75) is 0 Å². The van der Waals surface area contributed by atoms with Crippen molar-refractivity contribution in [2.24, 2.45) is 0 Å². The zero-order valence-corrected chi connectivity index (χ0v) is 15.6. The average Bonchev–Trinajstić information content (AvgIpc) is 2.60. The smallest absolute Gasteiger partial charge is 0.347 e. The molecular weight excluding hydrogens is 352 g/mol. The Morgan fingerprint density at radius 1 is 1.12 bits per heavy atom. The Hall–Kier alpha value is -2.77. The third-order valence-electron chi connectivity index (χ3n) is 4.22. The molecule has 2 aromatic carbocycles. The van der Waals surface area contributed by atoms with Gasteiger partial charge in [-0.1, -0.05) is 30.3 Å². The number of benzene rings is 2. The van der Waals surface area contributed by atoms with Crippen molar-refractivity contribution in [1.82, 2.24) is 4.31 Å². The van der Waals surface area contributed by atoms with E-state index in [0.717, 1.165) is 5.56 Å². The molecular formula is C19H20N2O4S. The van der Waals surface area contributed by atoms with Crippen molar-refractivity contribution in [2.75, 3.05) is 25.1 Å². The molecule has 0 bridgehead atoms. The molecule has 7 heteroatoms. The van der Waals surface area contributed by atoms with Gasteiger partial charge in [0.2, 0.25) is 0 Å². The summed E-state index contributed by atoms with van der Waals surface area (Å²) in [5, 5.41) is 0.638. The maximum atomic E-state index is 12.6. The quantitative estimate of drug-likeness (QED) is 0.410. The van der Waals surface area contributed by atoms with Crippen molar-refractivity contribution in [3.63, 3.8) is 0 Å². The second-order valence-electron chi connectivity index (χ2n) is 6.21. The van der Waals surface area contributed by atoms with E-state index in [0.29, 0.717) is 28.5 Å². The first kappa shape index (κ1) is 18.0. The number of thiol groups is 1. The van der Waals surface area contributed by atoms with Crippen LogP contribution in [0.15, 0.2) is 57.7 Å². The Balaban J connectivity index is 2.23. The number of nitrogens with zero attached hydrogens (tertiary/aromatic N) is 1. The van der Waals surface area contributed by atoms with Gasteiger partial charge in [0.15, 0.2) is 6.29 Å². The Morgan fingerprint density at radius 3 is 2.42 bits per heavy atom. The lowest BCUT2D eigenvalue weighted by molar-refractivity contribution is 0.112. The highest BCUT2D eigenvalue weighted by Gasteiger charge is 2.17. The van der Waals surface area contributed by atoms with Gasteiger partial charge in [0.05, 0.1) is 0 Å². The highest BCUT2D eigenvalue weighted by Crippen LogP contribution is 2.31. The predicted octanol–water partition coefficient (Wildman–Crippen LogP) is 2.72. The molecule has 1 N–H and O–H groups in total. The van der Waals surface area contributed by atoms with Gasteiger partial charge in [-0.05, 0) is 31.8 Å². The van der Waals surface area contributed by atoms with E-state index in [1.54, 1.807) is 42.9 Å². The minimum absolute atomic E-state index is 0.0149. The van der Waals surface area contributed by atoms with Crippen LogP contribution in [0.1, 0.15) is 10.4 Å². The first-order valence-electron chi connectivity index (χ1n) is 7.98. The molecule has 0 saturated heterocycles.